The normalized spacial score (nSPS) is 11.5. The van der Waals surface area contributed by atoms with Gasteiger partial charge >= 0.3 is 5.97 Å². The summed E-state index contributed by atoms with van der Waals surface area (Å²) in [4.78, 5) is 11.4. The Morgan fingerprint density at radius 2 is 2.27 bits per heavy atom. The molecular formula is C10H16N2O3. The number of methoxy groups -OCH3 is 1. The third-order valence-corrected chi connectivity index (χ3v) is 1.91. The van der Waals surface area contributed by atoms with E-state index in [4.69, 9.17) is 0 Å². The Labute approximate surface area is 88.7 Å². The van der Waals surface area contributed by atoms with Crippen LogP contribution in [0.2, 0.25) is 0 Å². The molecule has 0 radical (unpaired) electrons. The molecule has 0 atom stereocenters. The summed E-state index contributed by atoms with van der Waals surface area (Å²) < 4.78 is 6.14. The Bertz CT molecular complexity index is 363. The number of esters is 1. The number of aliphatic hydroxyl groups is 1. The molecule has 0 saturated carbocycles. The minimum Gasteiger partial charge on any atom is -0.464 e. The quantitative estimate of drug-likeness (QED) is 0.742. The Morgan fingerprint density at radius 1 is 1.67 bits per heavy atom. The second kappa shape index (κ2) is 4.02. The minimum absolute atomic E-state index is 0.266. The van der Waals surface area contributed by atoms with Crippen LogP contribution in [0.3, 0.4) is 0 Å². The van der Waals surface area contributed by atoms with Gasteiger partial charge in [0.1, 0.15) is 0 Å². The molecular weight excluding hydrogens is 196 g/mol. The molecule has 0 fully saturated rings. The van der Waals surface area contributed by atoms with E-state index in [-0.39, 0.29) is 5.69 Å². The van der Waals surface area contributed by atoms with E-state index >= 15 is 0 Å². The first-order chi connectivity index (χ1) is 6.83. The molecule has 5 nitrogen and oxygen atoms in total. The van der Waals surface area contributed by atoms with E-state index in [1.807, 2.05) is 0 Å². The summed E-state index contributed by atoms with van der Waals surface area (Å²) in [5, 5.41) is 13.7. The van der Waals surface area contributed by atoms with Gasteiger partial charge in [0.25, 0.3) is 0 Å². The summed E-state index contributed by atoms with van der Waals surface area (Å²) in [6, 6.07) is 0. The van der Waals surface area contributed by atoms with Crippen molar-refractivity contribution in [2.45, 2.75) is 25.9 Å². The van der Waals surface area contributed by atoms with Gasteiger partial charge in [0.2, 0.25) is 0 Å². The molecule has 1 N–H and O–H groups in total. The highest BCUT2D eigenvalue weighted by Crippen LogP contribution is 2.16. The van der Waals surface area contributed by atoms with E-state index in [2.05, 4.69) is 9.84 Å². The largest absolute Gasteiger partial charge is 0.464 e. The summed E-state index contributed by atoms with van der Waals surface area (Å²) in [6.45, 7) is 3.36. The number of ether oxygens (including phenoxy) is 1. The maximum absolute atomic E-state index is 11.4. The van der Waals surface area contributed by atoms with Gasteiger partial charge in [-0.1, -0.05) is 0 Å². The van der Waals surface area contributed by atoms with E-state index in [0.29, 0.717) is 12.0 Å². The first-order valence-corrected chi connectivity index (χ1v) is 4.66. The van der Waals surface area contributed by atoms with Gasteiger partial charge in [0.05, 0.1) is 12.7 Å². The summed E-state index contributed by atoms with van der Waals surface area (Å²) >= 11 is 0. The fourth-order valence-corrected chi connectivity index (χ4v) is 1.40. The van der Waals surface area contributed by atoms with Crippen molar-refractivity contribution in [3.05, 3.63) is 17.5 Å². The van der Waals surface area contributed by atoms with Crippen LogP contribution in [0.4, 0.5) is 0 Å². The molecule has 1 rings (SSSR count). The summed E-state index contributed by atoms with van der Waals surface area (Å²) in [5.41, 5.74) is 0.0881. The molecule has 0 amide bonds. The van der Waals surface area contributed by atoms with Crippen LogP contribution in [0.25, 0.3) is 0 Å². The number of aromatic nitrogens is 2. The third-order valence-electron chi connectivity index (χ3n) is 1.91. The molecule has 0 aliphatic carbocycles. The molecule has 0 spiro atoms. The number of carbonyl (C=O) groups excluding carboxylic acids is 1. The Kier molecular flexibility index (Phi) is 3.14. The molecule has 15 heavy (non-hydrogen) atoms. The van der Waals surface area contributed by atoms with E-state index in [9.17, 15) is 9.90 Å². The smallest absolute Gasteiger partial charge is 0.358 e. The highest BCUT2D eigenvalue weighted by Gasteiger charge is 2.22. The van der Waals surface area contributed by atoms with Crippen LogP contribution in [0, 0.1) is 0 Å². The number of carbonyl (C=O) groups is 1. The van der Waals surface area contributed by atoms with Crippen LogP contribution in [-0.2, 0) is 18.2 Å². The van der Waals surface area contributed by atoms with Gasteiger partial charge in [0.15, 0.2) is 5.69 Å². The summed E-state index contributed by atoms with van der Waals surface area (Å²) in [5.74, 6) is -0.477. The first-order valence-electron chi connectivity index (χ1n) is 4.66. The third kappa shape index (κ3) is 3.06. The fraction of sp³-hybridized carbons (Fsp3) is 0.600. The van der Waals surface area contributed by atoms with Gasteiger partial charge in [-0.25, -0.2) is 4.79 Å². The Morgan fingerprint density at radius 3 is 2.73 bits per heavy atom. The molecule has 5 heteroatoms. The number of hydrogen-bond donors (Lipinski definition) is 1. The highest BCUT2D eigenvalue weighted by atomic mass is 16.5. The minimum atomic E-state index is -0.869. The van der Waals surface area contributed by atoms with Crippen LogP contribution in [0.1, 0.15) is 29.9 Å². The molecule has 1 aromatic rings. The molecule has 0 saturated heterocycles. The zero-order valence-corrected chi connectivity index (χ0v) is 9.44. The SMILES string of the molecule is COC(=O)c1nn(C)cc1CC(C)(C)O. The van der Waals surface area contributed by atoms with Crippen molar-refractivity contribution >= 4 is 5.97 Å². The van der Waals surface area contributed by atoms with Crippen LogP contribution in [-0.4, -0.2) is 33.6 Å². The second-order valence-corrected chi connectivity index (χ2v) is 4.16. The lowest BCUT2D eigenvalue weighted by Gasteiger charge is -2.15. The molecule has 0 bridgehead atoms. The fourth-order valence-electron chi connectivity index (χ4n) is 1.40. The zero-order valence-electron chi connectivity index (χ0n) is 9.44. The maximum Gasteiger partial charge on any atom is 0.358 e. The number of hydrogen-bond acceptors (Lipinski definition) is 4. The predicted molar refractivity (Wildman–Crippen MR) is 54.5 cm³/mol. The number of nitrogens with zero attached hydrogens (tertiary/aromatic N) is 2. The molecule has 0 aliphatic heterocycles. The average Bonchev–Trinajstić information content (AvgIpc) is 2.42. The van der Waals surface area contributed by atoms with Gasteiger partial charge in [-0.2, -0.15) is 5.10 Å². The van der Waals surface area contributed by atoms with Crippen molar-refractivity contribution in [1.29, 1.82) is 0 Å². The van der Waals surface area contributed by atoms with E-state index in [1.165, 1.54) is 11.8 Å². The Balaban J connectivity index is 3.01. The standard InChI is InChI=1S/C10H16N2O3/c1-10(2,14)5-7-6-12(3)11-8(7)9(13)15-4/h6,14H,5H2,1-4H3. The predicted octanol–water partition coefficient (Wildman–Crippen LogP) is 0.520. The molecule has 1 heterocycles. The first kappa shape index (κ1) is 11.7. The summed E-state index contributed by atoms with van der Waals surface area (Å²) in [6.07, 6.45) is 2.08. The van der Waals surface area contributed by atoms with Gasteiger partial charge < -0.3 is 9.84 Å². The number of rotatable bonds is 3. The van der Waals surface area contributed by atoms with Gasteiger partial charge in [-0.3, -0.25) is 4.68 Å². The van der Waals surface area contributed by atoms with Crippen molar-refractivity contribution in [2.75, 3.05) is 7.11 Å². The average molecular weight is 212 g/mol. The molecule has 0 aromatic carbocycles. The van der Waals surface area contributed by atoms with Crippen LogP contribution in [0.15, 0.2) is 6.20 Å². The van der Waals surface area contributed by atoms with Crippen molar-refractivity contribution in [3.63, 3.8) is 0 Å². The van der Waals surface area contributed by atoms with Crippen molar-refractivity contribution in [2.24, 2.45) is 7.05 Å². The van der Waals surface area contributed by atoms with Gasteiger partial charge in [-0.15, -0.1) is 0 Å². The topological polar surface area (TPSA) is 64.3 Å². The maximum atomic E-state index is 11.4. The number of aryl methyl sites for hydroxylation is 1. The summed E-state index contributed by atoms with van der Waals surface area (Å²) in [7, 11) is 3.03. The highest BCUT2D eigenvalue weighted by molar-refractivity contribution is 5.88. The van der Waals surface area contributed by atoms with Crippen molar-refractivity contribution in [3.8, 4) is 0 Å². The lowest BCUT2D eigenvalue weighted by molar-refractivity contribution is 0.0586. The Hall–Kier alpha value is -1.36. The van der Waals surface area contributed by atoms with Crippen LogP contribution < -0.4 is 0 Å². The lowest BCUT2D eigenvalue weighted by atomic mass is 9.99. The molecule has 0 unspecified atom stereocenters. The van der Waals surface area contributed by atoms with E-state index in [1.54, 1.807) is 27.1 Å². The molecule has 84 valence electrons. The van der Waals surface area contributed by atoms with Gasteiger partial charge in [0, 0.05) is 25.2 Å². The van der Waals surface area contributed by atoms with Crippen molar-refractivity contribution in [1.82, 2.24) is 9.78 Å². The molecule has 0 aliphatic rings. The van der Waals surface area contributed by atoms with Crippen LogP contribution in [0.5, 0.6) is 0 Å². The van der Waals surface area contributed by atoms with E-state index in [0.717, 1.165) is 0 Å². The van der Waals surface area contributed by atoms with Gasteiger partial charge in [-0.05, 0) is 13.8 Å². The molecule has 1 aromatic heterocycles. The van der Waals surface area contributed by atoms with E-state index < -0.39 is 11.6 Å². The monoisotopic (exact) mass is 212 g/mol. The second-order valence-electron chi connectivity index (χ2n) is 4.16. The van der Waals surface area contributed by atoms with Crippen LogP contribution >= 0.6 is 0 Å². The van der Waals surface area contributed by atoms with Crippen molar-refractivity contribution < 1.29 is 14.6 Å². The zero-order chi connectivity index (χ0) is 11.6. The lowest BCUT2D eigenvalue weighted by Crippen LogP contribution is -2.23.